The van der Waals surface area contributed by atoms with Gasteiger partial charge in [-0.25, -0.2) is 4.39 Å². The number of nitrogens with zero attached hydrogens (tertiary/aromatic N) is 1. The fraction of sp³-hybridized carbons (Fsp3) is 0.438. The Balaban J connectivity index is 1.93. The molecule has 1 heterocycles. The highest BCUT2D eigenvalue weighted by Gasteiger charge is 2.33. The van der Waals surface area contributed by atoms with Gasteiger partial charge in [0.2, 0.25) is 0 Å². The summed E-state index contributed by atoms with van der Waals surface area (Å²) in [4.78, 5) is 4.25. The number of fused-ring (bicyclic) bond motifs is 1. The van der Waals surface area contributed by atoms with Crippen LogP contribution in [0.2, 0.25) is 0 Å². The summed E-state index contributed by atoms with van der Waals surface area (Å²) in [7, 11) is 0. The number of rotatable bonds is 4. The fourth-order valence-corrected chi connectivity index (χ4v) is 3.20. The SMILES string of the molecule is Nc1cc(F)c(NCC2(CO)CCCC2)c2ncccc12. The van der Waals surface area contributed by atoms with Gasteiger partial charge in [0.15, 0.2) is 5.82 Å². The minimum Gasteiger partial charge on any atom is -0.398 e. The van der Waals surface area contributed by atoms with Gasteiger partial charge in [-0.05, 0) is 31.0 Å². The van der Waals surface area contributed by atoms with Crippen molar-refractivity contribution in [3.8, 4) is 0 Å². The highest BCUT2D eigenvalue weighted by Crippen LogP contribution is 2.38. The maximum atomic E-state index is 14.2. The molecule has 0 amide bonds. The van der Waals surface area contributed by atoms with Crippen molar-refractivity contribution in [3.63, 3.8) is 0 Å². The molecule has 21 heavy (non-hydrogen) atoms. The number of hydrogen-bond donors (Lipinski definition) is 3. The predicted molar refractivity (Wildman–Crippen MR) is 82.6 cm³/mol. The lowest BCUT2D eigenvalue weighted by atomic mass is 9.87. The quantitative estimate of drug-likeness (QED) is 0.757. The molecule has 1 aliphatic carbocycles. The summed E-state index contributed by atoms with van der Waals surface area (Å²) < 4.78 is 14.2. The normalized spacial score (nSPS) is 17.2. The van der Waals surface area contributed by atoms with E-state index >= 15 is 0 Å². The van der Waals surface area contributed by atoms with E-state index in [9.17, 15) is 9.50 Å². The summed E-state index contributed by atoms with van der Waals surface area (Å²) in [6, 6.07) is 4.94. The summed E-state index contributed by atoms with van der Waals surface area (Å²) in [6.07, 6.45) is 5.80. The van der Waals surface area contributed by atoms with E-state index in [0.717, 1.165) is 31.1 Å². The molecule has 0 aliphatic heterocycles. The summed E-state index contributed by atoms with van der Waals surface area (Å²) in [6.45, 7) is 0.679. The number of nitrogen functional groups attached to an aromatic ring is 1. The largest absolute Gasteiger partial charge is 0.398 e. The van der Waals surface area contributed by atoms with Crippen LogP contribution in [-0.4, -0.2) is 23.2 Å². The zero-order chi connectivity index (χ0) is 14.9. The molecule has 112 valence electrons. The van der Waals surface area contributed by atoms with Gasteiger partial charge < -0.3 is 16.2 Å². The number of halogens is 1. The number of nitrogens with two attached hydrogens (primary N) is 1. The minimum absolute atomic E-state index is 0.127. The van der Waals surface area contributed by atoms with Crippen molar-refractivity contribution in [1.82, 2.24) is 4.98 Å². The number of aromatic nitrogens is 1. The number of benzene rings is 1. The summed E-state index contributed by atoms with van der Waals surface area (Å²) in [5.74, 6) is -0.398. The fourth-order valence-electron chi connectivity index (χ4n) is 3.20. The number of aliphatic hydroxyl groups is 1. The number of pyridine rings is 1. The number of nitrogens with one attached hydrogen (secondary N) is 1. The third kappa shape index (κ3) is 2.53. The van der Waals surface area contributed by atoms with Crippen LogP contribution in [0.5, 0.6) is 0 Å². The first-order valence-corrected chi connectivity index (χ1v) is 7.33. The first-order chi connectivity index (χ1) is 10.2. The second-order valence-electron chi connectivity index (χ2n) is 5.94. The van der Waals surface area contributed by atoms with E-state index in [1.807, 2.05) is 6.07 Å². The topological polar surface area (TPSA) is 71.2 Å². The molecule has 0 saturated heterocycles. The molecule has 0 radical (unpaired) electrons. The van der Waals surface area contributed by atoms with Gasteiger partial charge in [0.1, 0.15) is 0 Å². The molecule has 5 heteroatoms. The lowest BCUT2D eigenvalue weighted by Gasteiger charge is -2.27. The minimum atomic E-state index is -0.398. The van der Waals surface area contributed by atoms with Crippen molar-refractivity contribution in [2.45, 2.75) is 25.7 Å². The van der Waals surface area contributed by atoms with E-state index in [1.165, 1.54) is 6.07 Å². The summed E-state index contributed by atoms with van der Waals surface area (Å²) >= 11 is 0. The van der Waals surface area contributed by atoms with Crippen molar-refractivity contribution < 1.29 is 9.50 Å². The Morgan fingerprint density at radius 1 is 1.38 bits per heavy atom. The molecule has 2 aromatic rings. The summed E-state index contributed by atoms with van der Waals surface area (Å²) in [5, 5.41) is 13.6. The molecule has 4 N–H and O–H groups in total. The van der Waals surface area contributed by atoms with Crippen LogP contribution in [0.1, 0.15) is 25.7 Å². The van der Waals surface area contributed by atoms with Gasteiger partial charge >= 0.3 is 0 Å². The molecular weight excluding hydrogens is 269 g/mol. The molecule has 0 spiro atoms. The maximum absolute atomic E-state index is 14.2. The van der Waals surface area contributed by atoms with Gasteiger partial charge in [-0.15, -0.1) is 0 Å². The Bertz CT molecular complexity index is 653. The first kappa shape index (κ1) is 14.1. The Morgan fingerprint density at radius 2 is 2.14 bits per heavy atom. The Hall–Kier alpha value is -1.88. The van der Waals surface area contributed by atoms with Crippen LogP contribution in [0.15, 0.2) is 24.4 Å². The van der Waals surface area contributed by atoms with Crippen molar-refractivity contribution in [3.05, 3.63) is 30.2 Å². The van der Waals surface area contributed by atoms with E-state index < -0.39 is 5.82 Å². The third-order valence-electron chi connectivity index (χ3n) is 4.52. The molecule has 1 aromatic heterocycles. The zero-order valence-electron chi connectivity index (χ0n) is 11.9. The molecule has 1 fully saturated rings. The zero-order valence-corrected chi connectivity index (χ0v) is 11.9. The van der Waals surface area contributed by atoms with Crippen molar-refractivity contribution in [2.24, 2.45) is 5.41 Å². The van der Waals surface area contributed by atoms with Gasteiger partial charge in [-0.1, -0.05) is 12.8 Å². The molecule has 0 atom stereocenters. The molecule has 4 nitrogen and oxygen atoms in total. The lowest BCUT2D eigenvalue weighted by molar-refractivity contribution is 0.142. The number of anilines is 2. The van der Waals surface area contributed by atoms with Gasteiger partial charge in [0, 0.05) is 29.2 Å². The van der Waals surface area contributed by atoms with E-state index in [0.29, 0.717) is 23.4 Å². The van der Waals surface area contributed by atoms with Crippen molar-refractivity contribution in [1.29, 1.82) is 0 Å². The average molecular weight is 289 g/mol. The standard InChI is InChI=1S/C16H20FN3O/c17-12-8-13(18)11-4-3-7-19-14(11)15(12)20-9-16(10-21)5-1-2-6-16/h3-4,7-8,20-21H,1-2,5-6,9-10,18H2. The van der Waals surface area contributed by atoms with Gasteiger partial charge in [0.05, 0.1) is 17.8 Å². The molecule has 0 unspecified atom stereocenters. The van der Waals surface area contributed by atoms with Gasteiger partial charge in [-0.3, -0.25) is 4.98 Å². The molecule has 1 aromatic carbocycles. The third-order valence-corrected chi connectivity index (χ3v) is 4.52. The van der Waals surface area contributed by atoms with E-state index in [-0.39, 0.29) is 12.0 Å². The summed E-state index contributed by atoms with van der Waals surface area (Å²) in [5.41, 5.74) is 7.01. The van der Waals surface area contributed by atoms with Gasteiger partial charge in [-0.2, -0.15) is 0 Å². The number of hydrogen-bond acceptors (Lipinski definition) is 4. The van der Waals surface area contributed by atoms with Crippen molar-refractivity contribution in [2.75, 3.05) is 24.2 Å². The van der Waals surface area contributed by atoms with Crippen LogP contribution in [0.4, 0.5) is 15.8 Å². The smallest absolute Gasteiger partial charge is 0.150 e. The monoisotopic (exact) mass is 289 g/mol. The van der Waals surface area contributed by atoms with Crippen molar-refractivity contribution >= 4 is 22.3 Å². The van der Waals surface area contributed by atoms with E-state index in [4.69, 9.17) is 5.73 Å². The Kier molecular flexibility index (Phi) is 3.68. The molecule has 1 saturated carbocycles. The van der Waals surface area contributed by atoms with Crippen LogP contribution in [0, 0.1) is 11.2 Å². The van der Waals surface area contributed by atoms with Gasteiger partial charge in [0.25, 0.3) is 0 Å². The second-order valence-corrected chi connectivity index (χ2v) is 5.94. The molecular formula is C16H20FN3O. The number of aliphatic hydroxyl groups excluding tert-OH is 1. The van der Waals surface area contributed by atoms with Crippen LogP contribution in [0.3, 0.4) is 0 Å². The molecule has 1 aliphatic rings. The van der Waals surface area contributed by atoms with Crippen LogP contribution in [-0.2, 0) is 0 Å². The predicted octanol–water partition coefficient (Wildman–Crippen LogP) is 2.92. The van der Waals surface area contributed by atoms with Crippen LogP contribution >= 0.6 is 0 Å². The van der Waals surface area contributed by atoms with Crippen LogP contribution in [0.25, 0.3) is 10.9 Å². The average Bonchev–Trinajstić information content (AvgIpc) is 2.96. The van der Waals surface area contributed by atoms with Crippen LogP contribution < -0.4 is 11.1 Å². The maximum Gasteiger partial charge on any atom is 0.150 e. The van der Waals surface area contributed by atoms with E-state index in [2.05, 4.69) is 10.3 Å². The molecule has 0 bridgehead atoms. The molecule has 3 rings (SSSR count). The highest BCUT2D eigenvalue weighted by molar-refractivity contribution is 5.98. The Morgan fingerprint density at radius 3 is 2.86 bits per heavy atom. The highest BCUT2D eigenvalue weighted by atomic mass is 19.1. The Labute approximate surface area is 123 Å². The van der Waals surface area contributed by atoms with E-state index in [1.54, 1.807) is 12.3 Å². The lowest BCUT2D eigenvalue weighted by Crippen LogP contribution is -2.30. The second kappa shape index (κ2) is 5.48. The first-order valence-electron chi connectivity index (χ1n) is 7.33.